The zero-order chi connectivity index (χ0) is 15.4. The lowest BCUT2D eigenvalue weighted by molar-refractivity contribution is 0.764. The number of unbranched alkanes of at least 4 members (excludes halogenated alkanes) is 1. The van der Waals surface area contributed by atoms with Gasteiger partial charge in [-0.2, -0.15) is 0 Å². The van der Waals surface area contributed by atoms with Gasteiger partial charge >= 0.3 is 0 Å². The molecule has 0 spiro atoms. The lowest BCUT2D eigenvalue weighted by atomic mass is 9.84. The predicted molar refractivity (Wildman–Crippen MR) is 94.1 cm³/mol. The highest BCUT2D eigenvalue weighted by Gasteiger charge is 2.15. The van der Waals surface area contributed by atoms with Crippen LogP contribution in [0.5, 0.6) is 0 Å². The van der Waals surface area contributed by atoms with Gasteiger partial charge in [0, 0.05) is 0 Å². The molecule has 0 radical (unpaired) electrons. The fourth-order valence-corrected chi connectivity index (χ4v) is 3.10. The second-order valence-corrected chi connectivity index (χ2v) is 6.45. The van der Waals surface area contributed by atoms with Crippen molar-refractivity contribution in [2.75, 3.05) is 0 Å². The van der Waals surface area contributed by atoms with Crippen molar-refractivity contribution in [3.63, 3.8) is 0 Å². The molecular formula is C21H28. The predicted octanol–water partition coefficient (Wildman–Crippen LogP) is 6.44. The molecule has 0 nitrogen and oxygen atoms in total. The van der Waals surface area contributed by atoms with E-state index in [1.807, 2.05) is 0 Å². The monoisotopic (exact) mass is 280 g/mol. The van der Waals surface area contributed by atoms with Crippen molar-refractivity contribution >= 4 is 0 Å². The van der Waals surface area contributed by atoms with E-state index in [1.54, 1.807) is 11.1 Å². The first-order valence-electron chi connectivity index (χ1n) is 8.24. The first-order valence-corrected chi connectivity index (χ1v) is 8.24. The van der Waals surface area contributed by atoms with Crippen LogP contribution in [0, 0.1) is 13.8 Å². The largest absolute Gasteiger partial charge is 0.0654 e. The number of benzene rings is 2. The average molecular weight is 280 g/mol. The fraction of sp³-hybridized carbons (Fsp3) is 0.429. The lowest BCUT2D eigenvalue weighted by Crippen LogP contribution is -2.03. The molecule has 112 valence electrons. The summed E-state index contributed by atoms with van der Waals surface area (Å²) in [4.78, 5) is 0. The van der Waals surface area contributed by atoms with Gasteiger partial charge < -0.3 is 0 Å². The van der Waals surface area contributed by atoms with E-state index in [0.29, 0.717) is 5.92 Å². The van der Waals surface area contributed by atoms with E-state index in [-0.39, 0.29) is 0 Å². The van der Waals surface area contributed by atoms with Crippen LogP contribution in [0.25, 0.3) is 11.1 Å². The van der Waals surface area contributed by atoms with E-state index in [1.165, 1.54) is 41.5 Å². The molecule has 2 aromatic carbocycles. The summed E-state index contributed by atoms with van der Waals surface area (Å²) in [5, 5.41) is 0. The molecule has 0 saturated carbocycles. The molecule has 0 fully saturated rings. The summed E-state index contributed by atoms with van der Waals surface area (Å²) in [6, 6.07) is 13.6. The molecule has 21 heavy (non-hydrogen) atoms. The van der Waals surface area contributed by atoms with Gasteiger partial charge in [-0.3, -0.25) is 0 Å². The third-order valence-electron chi connectivity index (χ3n) is 4.31. The van der Waals surface area contributed by atoms with E-state index in [2.05, 4.69) is 71.0 Å². The molecule has 0 aliphatic rings. The van der Waals surface area contributed by atoms with Crippen LogP contribution in [0.2, 0.25) is 0 Å². The maximum Gasteiger partial charge on any atom is -0.0146 e. The van der Waals surface area contributed by atoms with Crippen LogP contribution in [0.1, 0.15) is 61.8 Å². The smallest absolute Gasteiger partial charge is 0.0146 e. The third kappa shape index (κ3) is 3.56. The first kappa shape index (κ1) is 15.8. The van der Waals surface area contributed by atoms with Gasteiger partial charge in [0.1, 0.15) is 0 Å². The molecule has 0 aliphatic carbocycles. The van der Waals surface area contributed by atoms with Crippen molar-refractivity contribution in [2.24, 2.45) is 0 Å². The van der Waals surface area contributed by atoms with E-state index < -0.39 is 0 Å². The Morgan fingerprint density at radius 2 is 1.57 bits per heavy atom. The van der Waals surface area contributed by atoms with Gasteiger partial charge in [-0.15, -0.1) is 0 Å². The number of aryl methyl sites for hydroxylation is 2. The quantitative estimate of drug-likeness (QED) is 0.591. The topological polar surface area (TPSA) is 0 Å². The van der Waals surface area contributed by atoms with Crippen LogP contribution >= 0.6 is 0 Å². The summed E-state index contributed by atoms with van der Waals surface area (Å²) in [5.74, 6) is 0.563. The van der Waals surface area contributed by atoms with Gasteiger partial charge in [-0.1, -0.05) is 69.2 Å². The molecule has 0 heteroatoms. The Morgan fingerprint density at radius 1 is 0.905 bits per heavy atom. The van der Waals surface area contributed by atoms with Crippen molar-refractivity contribution < 1.29 is 0 Å². The van der Waals surface area contributed by atoms with Gasteiger partial charge in [-0.05, 0) is 60.4 Å². The molecule has 0 aromatic heterocycles. The minimum atomic E-state index is 0.563. The molecule has 0 amide bonds. The van der Waals surface area contributed by atoms with E-state index in [4.69, 9.17) is 0 Å². The average Bonchev–Trinajstić information content (AvgIpc) is 2.46. The Balaban J connectivity index is 2.57. The first-order chi connectivity index (χ1) is 10.0. The Hall–Kier alpha value is -1.56. The second kappa shape index (κ2) is 6.93. The number of rotatable bonds is 5. The lowest BCUT2D eigenvalue weighted by Gasteiger charge is -2.20. The number of hydrogen-bond acceptors (Lipinski definition) is 0. The molecule has 0 heterocycles. The van der Waals surface area contributed by atoms with Crippen LogP contribution in [-0.2, 0) is 6.42 Å². The summed E-state index contributed by atoms with van der Waals surface area (Å²) in [6.45, 7) is 11.3. The van der Waals surface area contributed by atoms with Gasteiger partial charge in [-0.25, -0.2) is 0 Å². The Labute approximate surface area is 130 Å². The highest BCUT2D eigenvalue weighted by atomic mass is 14.2. The fourth-order valence-electron chi connectivity index (χ4n) is 3.10. The van der Waals surface area contributed by atoms with Crippen molar-refractivity contribution in [2.45, 2.75) is 59.8 Å². The van der Waals surface area contributed by atoms with Crippen molar-refractivity contribution in [3.8, 4) is 11.1 Å². The zero-order valence-corrected chi connectivity index (χ0v) is 14.2. The molecular weight excluding hydrogens is 252 g/mol. The molecule has 0 aliphatic heterocycles. The summed E-state index contributed by atoms with van der Waals surface area (Å²) < 4.78 is 0. The molecule has 0 bridgehead atoms. The van der Waals surface area contributed by atoms with E-state index in [0.717, 1.165) is 0 Å². The normalized spacial score (nSPS) is 11.1. The van der Waals surface area contributed by atoms with Gasteiger partial charge in [0.25, 0.3) is 0 Å². The van der Waals surface area contributed by atoms with Gasteiger partial charge in [0.15, 0.2) is 0 Å². The zero-order valence-electron chi connectivity index (χ0n) is 14.2. The third-order valence-corrected chi connectivity index (χ3v) is 4.31. The Bertz CT molecular complexity index is 588. The van der Waals surface area contributed by atoms with Crippen LogP contribution in [0.3, 0.4) is 0 Å². The minimum absolute atomic E-state index is 0.563. The maximum atomic E-state index is 2.32. The Morgan fingerprint density at radius 3 is 2.14 bits per heavy atom. The van der Waals surface area contributed by atoms with Crippen molar-refractivity contribution in [3.05, 3.63) is 58.7 Å². The van der Waals surface area contributed by atoms with E-state index >= 15 is 0 Å². The molecule has 0 N–H and O–H groups in total. The maximum absolute atomic E-state index is 2.32. The molecule has 0 atom stereocenters. The van der Waals surface area contributed by atoms with Crippen LogP contribution in [0.15, 0.2) is 36.4 Å². The summed E-state index contributed by atoms with van der Waals surface area (Å²) >= 11 is 0. The molecule has 0 saturated heterocycles. The molecule has 2 rings (SSSR count). The van der Waals surface area contributed by atoms with Gasteiger partial charge in [0.05, 0.1) is 0 Å². The highest BCUT2D eigenvalue weighted by molar-refractivity contribution is 5.70. The second-order valence-electron chi connectivity index (χ2n) is 6.45. The highest BCUT2D eigenvalue weighted by Crippen LogP contribution is 2.34. The molecule has 2 aromatic rings. The van der Waals surface area contributed by atoms with Crippen molar-refractivity contribution in [1.82, 2.24) is 0 Å². The standard InChI is InChI=1S/C21H28/c1-6-7-8-19-17(5)11-14-20(21(19)15(2)3)18-12-9-16(4)10-13-18/h9-15H,6-8H2,1-5H3. The summed E-state index contributed by atoms with van der Waals surface area (Å²) in [7, 11) is 0. The summed E-state index contributed by atoms with van der Waals surface area (Å²) in [6.07, 6.45) is 3.74. The SMILES string of the molecule is CCCCc1c(C)ccc(-c2ccc(C)cc2)c1C(C)C. The minimum Gasteiger partial charge on any atom is -0.0654 e. The molecule has 0 unspecified atom stereocenters. The number of hydrogen-bond donors (Lipinski definition) is 0. The van der Waals surface area contributed by atoms with Crippen molar-refractivity contribution in [1.29, 1.82) is 0 Å². The van der Waals surface area contributed by atoms with Crippen LogP contribution in [-0.4, -0.2) is 0 Å². The summed E-state index contributed by atoms with van der Waals surface area (Å²) in [5.41, 5.74) is 8.66. The van der Waals surface area contributed by atoms with Gasteiger partial charge in [0.2, 0.25) is 0 Å². The van der Waals surface area contributed by atoms with Crippen LogP contribution in [0.4, 0.5) is 0 Å². The Kier molecular flexibility index (Phi) is 5.22. The van der Waals surface area contributed by atoms with Crippen LogP contribution < -0.4 is 0 Å². The van der Waals surface area contributed by atoms with E-state index in [9.17, 15) is 0 Å².